The van der Waals surface area contributed by atoms with Gasteiger partial charge in [0.05, 0.1) is 0 Å². The van der Waals surface area contributed by atoms with E-state index in [-0.39, 0.29) is 17.8 Å². The van der Waals surface area contributed by atoms with E-state index in [2.05, 4.69) is 24.7 Å². The van der Waals surface area contributed by atoms with Crippen molar-refractivity contribution in [3.8, 4) is 0 Å². The molecule has 1 unspecified atom stereocenters. The summed E-state index contributed by atoms with van der Waals surface area (Å²) in [7, 11) is 1.82. The Morgan fingerprint density at radius 2 is 2.05 bits per heavy atom. The van der Waals surface area contributed by atoms with Gasteiger partial charge in [0.15, 0.2) is 0 Å². The van der Waals surface area contributed by atoms with E-state index < -0.39 is 0 Å². The first-order valence-corrected chi connectivity index (χ1v) is 7.09. The van der Waals surface area contributed by atoms with Crippen molar-refractivity contribution in [2.45, 2.75) is 38.8 Å². The van der Waals surface area contributed by atoms with Crippen molar-refractivity contribution in [2.24, 2.45) is 0 Å². The monoisotopic (exact) mass is 286 g/mol. The number of carbonyl (C=O) groups is 1. The van der Waals surface area contributed by atoms with E-state index in [1.807, 2.05) is 14.0 Å². The summed E-state index contributed by atoms with van der Waals surface area (Å²) in [6.07, 6.45) is 5.78. The molecule has 1 amide bonds. The average molecular weight is 286 g/mol. The van der Waals surface area contributed by atoms with Crippen molar-refractivity contribution < 1.29 is 4.79 Å². The molecule has 2 aromatic heterocycles. The van der Waals surface area contributed by atoms with Crippen LogP contribution in [0, 0.1) is 6.92 Å². The Labute approximate surface area is 123 Å². The van der Waals surface area contributed by atoms with E-state index in [1.54, 1.807) is 23.4 Å². The Balaban J connectivity index is 1.72. The highest BCUT2D eigenvalue weighted by Crippen LogP contribution is 2.19. The SMILES string of the molecule is Cc1nnc2n1CCC(N(C)C(=O)c1ncccn1)CC2. The van der Waals surface area contributed by atoms with Crippen LogP contribution in [0.4, 0.5) is 0 Å². The van der Waals surface area contributed by atoms with E-state index in [1.165, 1.54) is 0 Å². The van der Waals surface area contributed by atoms with Gasteiger partial charge in [0.25, 0.3) is 5.91 Å². The molecule has 7 nitrogen and oxygen atoms in total. The van der Waals surface area contributed by atoms with Gasteiger partial charge >= 0.3 is 0 Å². The lowest BCUT2D eigenvalue weighted by atomic mass is 10.1. The van der Waals surface area contributed by atoms with Crippen LogP contribution >= 0.6 is 0 Å². The Morgan fingerprint density at radius 1 is 1.29 bits per heavy atom. The molecule has 1 aliphatic heterocycles. The summed E-state index contributed by atoms with van der Waals surface area (Å²) in [5, 5.41) is 8.30. The summed E-state index contributed by atoms with van der Waals surface area (Å²) in [5.41, 5.74) is 0. The maximum absolute atomic E-state index is 12.4. The van der Waals surface area contributed by atoms with Crippen molar-refractivity contribution >= 4 is 5.91 Å². The molecule has 0 bridgehead atoms. The molecule has 0 spiro atoms. The van der Waals surface area contributed by atoms with Gasteiger partial charge in [0, 0.05) is 38.4 Å². The zero-order chi connectivity index (χ0) is 14.8. The molecule has 0 fully saturated rings. The van der Waals surface area contributed by atoms with Gasteiger partial charge in [-0.05, 0) is 25.8 Å². The molecule has 0 N–H and O–H groups in total. The number of rotatable bonds is 2. The molecule has 0 saturated carbocycles. The Bertz CT molecular complexity index is 638. The first kappa shape index (κ1) is 13.7. The van der Waals surface area contributed by atoms with E-state index in [0.29, 0.717) is 0 Å². The summed E-state index contributed by atoms with van der Waals surface area (Å²) < 4.78 is 2.14. The second kappa shape index (κ2) is 5.59. The molecule has 0 aromatic carbocycles. The summed E-state index contributed by atoms with van der Waals surface area (Å²) in [4.78, 5) is 22.2. The Hall–Kier alpha value is -2.31. The number of carbonyl (C=O) groups excluding carboxylic acids is 1. The fourth-order valence-corrected chi connectivity index (χ4v) is 2.74. The predicted octanol–water partition coefficient (Wildman–Crippen LogP) is 0.854. The van der Waals surface area contributed by atoms with Gasteiger partial charge in [0.1, 0.15) is 11.6 Å². The first-order chi connectivity index (χ1) is 10.2. The van der Waals surface area contributed by atoms with E-state index >= 15 is 0 Å². The third-order valence-corrected chi connectivity index (χ3v) is 4.02. The quantitative estimate of drug-likeness (QED) is 0.818. The van der Waals surface area contributed by atoms with Gasteiger partial charge in [-0.25, -0.2) is 9.97 Å². The first-order valence-electron chi connectivity index (χ1n) is 7.09. The number of hydrogen-bond acceptors (Lipinski definition) is 5. The molecule has 0 aliphatic carbocycles. The van der Waals surface area contributed by atoms with Crippen molar-refractivity contribution in [3.05, 3.63) is 35.9 Å². The van der Waals surface area contributed by atoms with Crippen LogP contribution < -0.4 is 0 Å². The Morgan fingerprint density at radius 3 is 2.81 bits per heavy atom. The number of aromatic nitrogens is 5. The largest absolute Gasteiger partial charge is 0.336 e. The second-order valence-electron chi connectivity index (χ2n) is 5.28. The third-order valence-electron chi connectivity index (χ3n) is 4.02. The normalized spacial score (nSPS) is 17.9. The number of nitrogens with zero attached hydrogens (tertiary/aromatic N) is 6. The van der Waals surface area contributed by atoms with Gasteiger partial charge in [-0.3, -0.25) is 4.79 Å². The zero-order valence-electron chi connectivity index (χ0n) is 12.2. The summed E-state index contributed by atoms with van der Waals surface area (Å²) >= 11 is 0. The zero-order valence-corrected chi connectivity index (χ0v) is 12.2. The molecule has 7 heteroatoms. The van der Waals surface area contributed by atoms with E-state index in [4.69, 9.17) is 0 Å². The van der Waals surface area contributed by atoms with Crippen LogP contribution in [0.25, 0.3) is 0 Å². The minimum absolute atomic E-state index is 0.130. The highest BCUT2D eigenvalue weighted by atomic mass is 16.2. The lowest BCUT2D eigenvalue weighted by molar-refractivity contribution is 0.0703. The van der Waals surface area contributed by atoms with Gasteiger partial charge in [-0.2, -0.15) is 0 Å². The van der Waals surface area contributed by atoms with Crippen LogP contribution in [0.2, 0.25) is 0 Å². The molecule has 2 aromatic rings. The molecule has 0 radical (unpaired) electrons. The van der Waals surface area contributed by atoms with Gasteiger partial charge in [0.2, 0.25) is 5.82 Å². The van der Waals surface area contributed by atoms with Crippen LogP contribution in [-0.2, 0) is 13.0 Å². The summed E-state index contributed by atoms with van der Waals surface area (Å²) in [6.45, 7) is 2.80. The molecule has 0 saturated heterocycles. The molecule has 1 atom stereocenters. The van der Waals surface area contributed by atoms with Crippen LogP contribution in [0.5, 0.6) is 0 Å². The standard InChI is InChI=1S/C14H18N6O/c1-10-17-18-12-5-4-11(6-9-20(10)12)19(2)14(21)13-15-7-3-8-16-13/h3,7-8,11H,4-6,9H2,1-2H3. The van der Waals surface area contributed by atoms with Crippen LogP contribution in [0.1, 0.15) is 35.1 Å². The molecular formula is C14H18N6O. The minimum atomic E-state index is -0.130. The van der Waals surface area contributed by atoms with E-state index in [0.717, 1.165) is 37.5 Å². The van der Waals surface area contributed by atoms with Crippen LogP contribution in [-0.4, -0.2) is 48.6 Å². The number of amides is 1. The highest BCUT2D eigenvalue weighted by molar-refractivity contribution is 5.90. The third kappa shape index (κ3) is 2.63. The van der Waals surface area contributed by atoms with Gasteiger partial charge in [-0.1, -0.05) is 0 Å². The molecule has 3 rings (SSSR count). The van der Waals surface area contributed by atoms with Crippen molar-refractivity contribution in [1.29, 1.82) is 0 Å². The summed E-state index contributed by atoms with van der Waals surface area (Å²) in [6, 6.07) is 1.87. The molecule has 110 valence electrons. The number of fused-ring (bicyclic) bond motifs is 1. The second-order valence-corrected chi connectivity index (χ2v) is 5.28. The van der Waals surface area contributed by atoms with Gasteiger partial charge in [-0.15, -0.1) is 10.2 Å². The molecule has 3 heterocycles. The lowest BCUT2D eigenvalue weighted by Gasteiger charge is -2.26. The fraction of sp³-hybridized carbons (Fsp3) is 0.500. The van der Waals surface area contributed by atoms with Crippen LogP contribution in [0.15, 0.2) is 18.5 Å². The van der Waals surface area contributed by atoms with Crippen molar-refractivity contribution in [3.63, 3.8) is 0 Å². The maximum Gasteiger partial charge on any atom is 0.291 e. The highest BCUT2D eigenvalue weighted by Gasteiger charge is 2.26. The minimum Gasteiger partial charge on any atom is -0.336 e. The van der Waals surface area contributed by atoms with Crippen LogP contribution in [0.3, 0.4) is 0 Å². The van der Waals surface area contributed by atoms with Gasteiger partial charge < -0.3 is 9.47 Å². The smallest absolute Gasteiger partial charge is 0.291 e. The molecule has 21 heavy (non-hydrogen) atoms. The maximum atomic E-state index is 12.4. The number of hydrogen-bond donors (Lipinski definition) is 0. The fourth-order valence-electron chi connectivity index (χ4n) is 2.74. The van der Waals surface area contributed by atoms with Crippen molar-refractivity contribution in [1.82, 2.24) is 29.6 Å². The topological polar surface area (TPSA) is 76.8 Å². The predicted molar refractivity (Wildman–Crippen MR) is 75.6 cm³/mol. The van der Waals surface area contributed by atoms with Crippen molar-refractivity contribution in [2.75, 3.05) is 7.05 Å². The average Bonchev–Trinajstić information content (AvgIpc) is 2.75. The molecule has 1 aliphatic rings. The summed E-state index contributed by atoms with van der Waals surface area (Å²) in [5.74, 6) is 2.06. The Kier molecular flexibility index (Phi) is 3.64. The molecular weight excluding hydrogens is 268 g/mol. The lowest BCUT2D eigenvalue weighted by Crippen LogP contribution is -2.38. The van der Waals surface area contributed by atoms with E-state index in [9.17, 15) is 4.79 Å². The number of aryl methyl sites for hydroxylation is 2.